The third-order valence-electron chi connectivity index (χ3n) is 3.44. The minimum absolute atomic E-state index is 0.0915. The maximum Gasteiger partial charge on any atom is 0.266 e. The summed E-state index contributed by atoms with van der Waals surface area (Å²) in [5.41, 5.74) is 1.70. The highest BCUT2D eigenvalue weighted by Gasteiger charge is 2.12. The maximum atomic E-state index is 12.4. The molecule has 0 aromatic heterocycles. The minimum atomic E-state index is -0.557. The molecule has 26 heavy (non-hydrogen) atoms. The van der Waals surface area contributed by atoms with Gasteiger partial charge in [0, 0.05) is 10.7 Å². The van der Waals surface area contributed by atoms with E-state index in [9.17, 15) is 10.1 Å². The van der Waals surface area contributed by atoms with Gasteiger partial charge in [-0.1, -0.05) is 35.3 Å². The first-order valence-corrected chi connectivity index (χ1v) is 8.19. The van der Waals surface area contributed by atoms with Crippen LogP contribution in [0.15, 0.2) is 42.0 Å². The highest BCUT2D eigenvalue weighted by molar-refractivity contribution is 6.32. The van der Waals surface area contributed by atoms with E-state index >= 15 is 0 Å². The fourth-order valence-corrected chi connectivity index (χ4v) is 2.50. The number of benzene rings is 2. The molecule has 0 atom stereocenters. The Morgan fingerprint density at radius 2 is 2.00 bits per heavy atom. The van der Waals surface area contributed by atoms with Crippen molar-refractivity contribution in [1.82, 2.24) is 0 Å². The van der Waals surface area contributed by atoms with Gasteiger partial charge in [-0.2, -0.15) is 10.5 Å². The summed E-state index contributed by atoms with van der Waals surface area (Å²) in [6.07, 6.45) is 1.41. The van der Waals surface area contributed by atoms with Gasteiger partial charge in [0.15, 0.2) is 6.61 Å². The molecule has 0 radical (unpaired) electrons. The molecule has 0 aliphatic heterocycles. The fourth-order valence-electron chi connectivity index (χ4n) is 2.08. The van der Waals surface area contributed by atoms with E-state index in [4.69, 9.17) is 33.2 Å². The Labute approximate surface area is 161 Å². The van der Waals surface area contributed by atoms with Crippen LogP contribution in [0.1, 0.15) is 11.1 Å². The Balaban J connectivity index is 2.23. The van der Waals surface area contributed by atoms with E-state index in [-0.39, 0.29) is 17.2 Å². The number of ether oxygens (including phenoxy) is 1. The summed E-state index contributed by atoms with van der Waals surface area (Å²) in [5.74, 6) is -0.207. The molecule has 0 aliphatic carbocycles. The van der Waals surface area contributed by atoms with E-state index in [1.54, 1.807) is 43.3 Å². The summed E-state index contributed by atoms with van der Waals surface area (Å²) < 4.78 is 5.15. The zero-order valence-corrected chi connectivity index (χ0v) is 15.2. The Hall–Kier alpha value is -2.99. The van der Waals surface area contributed by atoms with Crippen LogP contribution in [-0.4, -0.2) is 12.5 Å². The first-order valence-electron chi connectivity index (χ1n) is 7.44. The molecule has 0 saturated heterocycles. The summed E-state index contributed by atoms with van der Waals surface area (Å²) in [6, 6.07) is 13.6. The van der Waals surface area contributed by atoms with Gasteiger partial charge in [-0.25, -0.2) is 0 Å². The van der Waals surface area contributed by atoms with Crippen LogP contribution >= 0.6 is 23.2 Å². The van der Waals surface area contributed by atoms with Crippen molar-refractivity contribution in [3.05, 3.63) is 63.1 Å². The van der Waals surface area contributed by atoms with Crippen LogP contribution in [0.5, 0.6) is 5.75 Å². The van der Waals surface area contributed by atoms with Crippen molar-refractivity contribution in [3.63, 3.8) is 0 Å². The monoisotopic (exact) mass is 385 g/mol. The third kappa shape index (κ3) is 4.77. The first kappa shape index (κ1) is 19.3. The quantitative estimate of drug-likeness (QED) is 0.594. The van der Waals surface area contributed by atoms with Gasteiger partial charge in [-0.05, 0) is 48.4 Å². The second-order valence-electron chi connectivity index (χ2n) is 5.17. The Bertz CT molecular complexity index is 956. The summed E-state index contributed by atoms with van der Waals surface area (Å²) >= 11 is 12.1. The molecule has 1 N–H and O–H groups in total. The summed E-state index contributed by atoms with van der Waals surface area (Å²) in [7, 11) is 0. The number of hydrogen-bond acceptors (Lipinski definition) is 4. The summed E-state index contributed by atoms with van der Waals surface area (Å²) in [4.78, 5) is 12.4. The van der Waals surface area contributed by atoms with Gasteiger partial charge in [0.25, 0.3) is 5.91 Å². The molecule has 5 nitrogen and oxygen atoms in total. The van der Waals surface area contributed by atoms with Crippen molar-refractivity contribution in [3.8, 4) is 17.9 Å². The SMILES string of the molecule is Cc1c(Cl)cccc1NC(=O)/C(C#N)=C/c1ccc(OCC#N)c(Cl)c1. The van der Waals surface area contributed by atoms with Crippen molar-refractivity contribution in [2.24, 2.45) is 0 Å². The number of nitrogens with one attached hydrogen (secondary N) is 1. The van der Waals surface area contributed by atoms with E-state index in [2.05, 4.69) is 5.32 Å². The van der Waals surface area contributed by atoms with Gasteiger partial charge in [0.1, 0.15) is 23.5 Å². The summed E-state index contributed by atoms with van der Waals surface area (Å²) in [6.45, 7) is 1.65. The molecule has 130 valence electrons. The average molecular weight is 386 g/mol. The van der Waals surface area contributed by atoms with E-state index in [1.807, 2.05) is 12.1 Å². The van der Waals surface area contributed by atoms with Crippen molar-refractivity contribution < 1.29 is 9.53 Å². The molecule has 0 fully saturated rings. The molecule has 0 heterocycles. The van der Waals surface area contributed by atoms with Crippen LogP contribution < -0.4 is 10.1 Å². The van der Waals surface area contributed by atoms with E-state index in [0.29, 0.717) is 27.6 Å². The van der Waals surface area contributed by atoms with Crippen LogP contribution in [0.3, 0.4) is 0 Å². The van der Waals surface area contributed by atoms with Crippen LogP contribution in [0, 0.1) is 29.6 Å². The molecule has 7 heteroatoms. The second kappa shape index (κ2) is 8.92. The topological polar surface area (TPSA) is 85.9 Å². The van der Waals surface area contributed by atoms with Crippen LogP contribution in [0.4, 0.5) is 5.69 Å². The lowest BCUT2D eigenvalue weighted by Gasteiger charge is -2.09. The molecule has 1 amide bonds. The van der Waals surface area contributed by atoms with Gasteiger partial charge in [0.05, 0.1) is 5.02 Å². The molecular weight excluding hydrogens is 373 g/mol. The molecule has 2 aromatic rings. The highest BCUT2D eigenvalue weighted by Crippen LogP contribution is 2.27. The Morgan fingerprint density at radius 1 is 1.23 bits per heavy atom. The van der Waals surface area contributed by atoms with E-state index in [0.717, 1.165) is 0 Å². The van der Waals surface area contributed by atoms with Crippen molar-refractivity contribution >= 4 is 40.9 Å². The summed E-state index contributed by atoms with van der Waals surface area (Å²) in [5, 5.41) is 21.3. The Morgan fingerprint density at radius 3 is 2.65 bits per heavy atom. The normalized spacial score (nSPS) is 10.6. The Kier molecular flexibility index (Phi) is 6.63. The molecule has 0 unspecified atom stereocenters. The molecule has 2 aromatic carbocycles. The zero-order chi connectivity index (χ0) is 19.1. The number of nitriles is 2. The molecule has 2 rings (SSSR count). The number of carbonyl (C=O) groups is 1. The maximum absolute atomic E-state index is 12.4. The van der Waals surface area contributed by atoms with Crippen LogP contribution in [0.25, 0.3) is 6.08 Å². The molecule has 0 bridgehead atoms. The minimum Gasteiger partial charge on any atom is -0.477 e. The van der Waals surface area contributed by atoms with E-state index < -0.39 is 5.91 Å². The standard InChI is InChI=1S/C19H13Cl2N3O2/c1-12-15(20)3-2-4-17(12)24-19(25)14(11-23)9-13-5-6-18(16(21)10-13)26-8-7-22/h2-6,9-10H,8H2,1H3,(H,24,25)/b14-9+. The van der Waals surface area contributed by atoms with E-state index in [1.165, 1.54) is 6.08 Å². The van der Waals surface area contributed by atoms with Crippen molar-refractivity contribution in [2.45, 2.75) is 6.92 Å². The molecule has 0 spiro atoms. The van der Waals surface area contributed by atoms with Crippen molar-refractivity contribution in [1.29, 1.82) is 10.5 Å². The number of amides is 1. The molecule has 0 saturated carbocycles. The predicted molar refractivity (Wildman–Crippen MR) is 101 cm³/mol. The third-order valence-corrected chi connectivity index (χ3v) is 4.14. The van der Waals surface area contributed by atoms with Gasteiger partial charge < -0.3 is 10.1 Å². The number of hydrogen-bond donors (Lipinski definition) is 1. The van der Waals surface area contributed by atoms with Gasteiger partial charge in [-0.3, -0.25) is 4.79 Å². The number of halogens is 2. The lowest BCUT2D eigenvalue weighted by Crippen LogP contribution is -2.14. The molecular formula is C19H13Cl2N3O2. The predicted octanol–water partition coefficient (Wildman–Crippen LogP) is 4.75. The number of anilines is 1. The van der Waals surface area contributed by atoms with Crippen molar-refractivity contribution in [2.75, 3.05) is 11.9 Å². The number of nitrogens with zero attached hydrogens (tertiary/aromatic N) is 2. The first-order chi connectivity index (χ1) is 12.5. The largest absolute Gasteiger partial charge is 0.477 e. The van der Waals surface area contributed by atoms with Gasteiger partial charge in [-0.15, -0.1) is 0 Å². The lowest BCUT2D eigenvalue weighted by atomic mass is 10.1. The zero-order valence-electron chi connectivity index (χ0n) is 13.7. The van der Waals surface area contributed by atoms with Crippen LogP contribution in [0.2, 0.25) is 10.0 Å². The second-order valence-corrected chi connectivity index (χ2v) is 5.99. The highest BCUT2D eigenvalue weighted by atomic mass is 35.5. The molecule has 0 aliphatic rings. The smallest absolute Gasteiger partial charge is 0.266 e. The number of rotatable bonds is 5. The van der Waals surface area contributed by atoms with Crippen LogP contribution in [-0.2, 0) is 4.79 Å². The fraction of sp³-hybridized carbons (Fsp3) is 0.105. The van der Waals surface area contributed by atoms with Gasteiger partial charge >= 0.3 is 0 Å². The average Bonchev–Trinajstić information content (AvgIpc) is 2.62. The lowest BCUT2D eigenvalue weighted by molar-refractivity contribution is -0.112. The van der Waals surface area contributed by atoms with Gasteiger partial charge in [0.2, 0.25) is 0 Å². The number of carbonyl (C=O) groups excluding carboxylic acids is 1.